The number of likely N-dealkylation sites (tertiary alicyclic amines) is 1. The van der Waals surface area contributed by atoms with E-state index in [4.69, 9.17) is 0 Å². The van der Waals surface area contributed by atoms with Gasteiger partial charge in [0.15, 0.2) is 0 Å². The molecule has 0 aliphatic carbocycles. The van der Waals surface area contributed by atoms with Gasteiger partial charge in [-0.15, -0.1) is 0 Å². The molecule has 1 unspecified atom stereocenters. The van der Waals surface area contributed by atoms with Gasteiger partial charge < -0.3 is 10.2 Å². The van der Waals surface area contributed by atoms with Crippen molar-refractivity contribution in [1.29, 1.82) is 0 Å². The van der Waals surface area contributed by atoms with Crippen molar-refractivity contribution in [2.75, 3.05) is 43.4 Å². The maximum atomic E-state index is 4.59. The van der Waals surface area contributed by atoms with Crippen LogP contribution in [0.4, 0.5) is 11.6 Å². The standard InChI is InChI=1S/C14H23N5/c1-15-13-9-16-10-14(17-13)19-8-5-12(11-19)18-6-3-2-4-7-18/h9-10,12H,2-8,11H2,1H3,(H,15,17). The molecule has 5 nitrogen and oxygen atoms in total. The molecule has 0 amide bonds. The van der Waals surface area contributed by atoms with E-state index < -0.39 is 0 Å². The Labute approximate surface area is 115 Å². The zero-order valence-corrected chi connectivity index (χ0v) is 11.7. The van der Waals surface area contributed by atoms with Crippen molar-refractivity contribution in [3.8, 4) is 0 Å². The molecular weight excluding hydrogens is 238 g/mol. The molecule has 1 aromatic heterocycles. The van der Waals surface area contributed by atoms with E-state index in [1.54, 1.807) is 6.20 Å². The first kappa shape index (κ1) is 12.7. The van der Waals surface area contributed by atoms with Crippen LogP contribution in [-0.4, -0.2) is 54.1 Å². The SMILES string of the molecule is CNc1cncc(N2CCC(N3CCCCC3)C2)n1. The summed E-state index contributed by atoms with van der Waals surface area (Å²) in [5.74, 6) is 1.85. The minimum atomic E-state index is 0.709. The Kier molecular flexibility index (Phi) is 3.82. The second kappa shape index (κ2) is 5.74. The summed E-state index contributed by atoms with van der Waals surface area (Å²) < 4.78 is 0. The maximum Gasteiger partial charge on any atom is 0.149 e. The summed E-state index contributed by atoms with van der Waals surface area (Å²) in [6, 6.07) is 0.709. The van der Waals surface area contributed by atoms with Crippen molar-refractivity contribution < 1.29 is 0 Å². The lowest BCUT2D eigenvalue weighted by Gasteiger charge is -2.32. The summed E-state index contributed by atoms with van der Waals surface area (Å²) >= 11 is 0. The summed E-state index contributed by atoms with van der Waals surface area (Å²) in [5, 5.41) is 3.05. The molecule has 1 N–H and O–H groups in total. The molecule has 19 heavy (non-hydrogen) atoms. The molecule has 2 aliphatic heterocycles. The van der Waals surface area contributed by atoms with Crippen molar-refractivity contribution in [1.82, 2.24) is 14.9 Å². The van der Waals surface area contributed by atoms with Gasteiger partial charge in [-0.3, -0.25) is 9.88 Å². The highest BCUT2D eigenvalue weighted by Gasteiger charge is 2.29. The Balaban J connectivity index is 1.64. The predicted octanol–water partition coefficient (Wildman–Crippen LogP) is 1.58. The molecule has 0 aromatic carbocycles. The zero-order valence-electron chi connectivity index (χ0n) is 11.7. The number of nitrogens with one attached hydrogen (secondary N) is 1. The summed E-state index contributed by atoms with van der Waals surface area (Å²) in [5.41, 5.74) is 0. The smallest absolute Gasteiger partial charge is 0.149 e. The number of anilines is 2. The Morgan fingerprint density at radius 2 is 2.00 bits per heavy atom. The lowest BCUT2D eigenvalue weighted by molar-refractivity contribution is 0.175. The molecular formula is C14H23N5. The number of aromatic nitrogens is 2. The molecule has 3 heterocycles. The van der Waals surface area contributed by atoms with Gasteiger partial charge in [-0.1, -0.05) is 6.42 Å². The van der Waals surface area contributed by atoms with Gasteiger partial charge in [-0.2, -0.15) is 0 Å². The number of piperidine rings is 1. The molecule has 1 atom stereocenters. The molecule has 0 radical (unpaired) electrons. The fourth-order valence-corrected chi connectivity index (χ4v) is 3.16. The Morgan fingerprint density at radius 1 is 1.16 bits per heavy atom. The second-order valence-corrected chi connectivity index (χ2v) is 5.50. The van der Waals surface area contributed by atoms with E-state index in [2.05, 4.69) is 25.1 Å². The van der Waals surface area contributed by atoms with Crippen molar-refractivity contribution in [3.63, 3.8) is 0 Å². The molecule has 2 fully saturated rings. The van der Waals surface area contributed by atoms with Crippen LogP contribution in [0.1, 0.15) is 25.7 Å². The molecule has 0 bridgehead atoms. The normalized spacial score (nSPS) is 24.7. The minimum Gasteiger partial charge on any atom is -0.372 e. The third kappa shape index (κ3) is 2.81. The third-order valence-corrected chi connectivity index (χ3v) is 4.27. The van der Waals surface area contributed by atoms with E-state index in [9.17, 15) is 0 Å². The van der Waals surface area contributed by atoms with Crippen LogP contribution in [0.2, 0.25) is 0 Å². The molecule has 1 aromatic rings. The van der Waals surface area contributed by atoms with E-state index >= 15 is 0 Å². The summed E-state index contributed by atoms with van der Waals surface area (Å²) in [6.45, 7) is 4.76. The zero-order chi connectivity index (χ0) is 13.1. The van der Waals surface area contributed by atoms with Crippen LogP contribution < -0.4 is 10.2 Å². The molecule has 104 valence electrons. The van der Waals surface area contributed by atoms with Gasteiger partial charge in [0.1, 0.15) is 11.6 Å². The fraction of sp³-hybridized carbons (Fsp3) is 0.714. The van der Waals surface area contributed by atoms with Crippen molar-refractivity contribution >= 4 is 11.6 Å². The first-order valence-electron chi connectivity index (χ1n) is 7.35. The highest BCUT2D eigenvalue weighted by Crippen LogP contribution is 2.23. The Morgan fingerprint density at radius 3 is 2.79 bits per heavy atom. The number of hydrogen-bond donors (Lipinski definition) is 1. The van der Waals surface area contributed by atoms with Crippen LogP contribution in [-0.2, 0) is 0 Å². The minimum absolute atomic E-state index is 0.709. The average molecular weight is 261 g/mol. The topological polar surface area (TPSA) is 44.3 Å². The van der Waals surface area contributed by atoms with Crippen molar-refractivity contribution in [2.45, 2.75) is 31.7 Å². The van der Waals surface area contributed by atoms with Crippen LogP contribution in [0.3, 0.4) is 0 Å². The lowest BCUT2D eigenvalue weighted by Crippen LogP contribution is -2.41. The highest BCUT2D eigenvalue weighted by molar-refractivity contribution is 5.44. The van der Waals surface area contributed by atoms with Crippen LogP contribution in [0, 0.1) is 0 Å². The van der Waals surface area contributed by atoms with Crippen LogP contribution in [0.5, 0.6) is 0 Å². The monoisotopic (exact) mass is 261 g/mol. The van der Waals surface area contributed by atoms with E-state index in [1.165, 1.54) is 38.8 Å². The van der Waals surface area contributed by atoms with Gasteiger partial charge in [-0.05, 0) is 32.4 Å². The summed E-state index contributed by atoms with van der Waals surface area (Å²) in [4.78, 5) is 13.9. The van der Waals surface area contributed by atoms with Gasteiger partial charge in [0.25, 0.3) is 0 Å². The van der Waals surface area contributed by atoms with Crippen LogP contribution >= 0.6 is 0 Å². The van der Waals surface area contributed by atoms with Gasteiger partial charge in [0, 0.05) is 26.2 Å². The summed E-state index contributed by atoms with van der Waals surface area (Å²) in [7, 11) is 1.88. The highest BCUT2D eigenvalue weighted by atomic mass is 15.3. The quantitative estimate of drug-likeness (QED) is 0.895. The van der Waals surface area contributed by atoms with Gasteiger partial charge in [0.05, 0.1) is 12.4 Å². The molecule has 2 saturated heterocycles. The first-order chi connectivity index (χ1) is 9.36. The average Bonchev–Trinajstić information content (AvgIpc) is 2.98. The van der Waals surface area contributed by atoms with Gasteiger partial charge in [0.2, 0.25) is 0 Å². The van der Waals surface area contributed by atoms with Gasteiger partial charge >= 0.3 is 0 Å². The van der Waals surface area contributed by atoms with E-state index in [1.807, 2.05) is 13.2 Å². The van der Waals surface area contributed by atoms with E-state index in [0.717, 1.165) is 24.7 Å². The van der Waals surface area contributed by atoms with Gasteiger partial charge in [-0.25, -0.2) is 4.98 Å². The molecule has 0 spiro atoms. The van der Waals surface area contributed by atoms with E-state index in [0.29, 0.717) is 6.04 Å². The summed E-state index contributed by atoms with van der Waals surface area (Å²) in [6.07, 6.45) is 9.03. The Hall–Kier alpha value is -1.36. The van der Waals surface area contributed by atoms with Crippen molar-refractivity contribution in [3.05, 3.63) is 12.4 Å². The first-order valence-corrected chi connectivity index (χ1v) is 7.35. The number of rotatable bonds is 3. The largest absolute Gasteiger partial charge is 0.372 e. The van der Waals surface area contributed by atoms with Crippen molar-refractivity contribution in [2.24, 2.45) is 0 Å². The maximum absolute atomic E-state index is 4.59. The lowest BCUT2D eigenvalue weighted by atomic mass is 10.1. The van der Waals surface area contributed by atoms with Crippen LogP contribution in [0.25, 0.3) is 0 Å². The molecule has 3 rings (SSSR count). The third-order valence-electron chi connectivity index (χ3n) is 4.27. The predicted molar refractivity (Wildman–Crippen MR) is 77.6 cm³/mol. The molecule has 2 aliphatic rings. The molecule has 0 saturated carbocycles. The number of nitrogens with zero attached hydrogens (tertiary/aromatic N) is 4. The fourth-order valence-electron chi connectivity index (χ4n) is 3.16. The number of hydrogen-bond acceptors (Lipinski definition) is 5. The van der Waals surface area contributed by atoms with Crippen LogP contribution in [0.15, 0.2) is 12.4 Å². The second-order valence-electron chi connectivity index (χ2n) is 5.50. The molecule has 5 heteroatoms. The Bertz CT molecular complexity index is 416. The van der Waals surface area contributed by atoms with E-state index in [-0.39, 0.29) is 0 Å².